The van der Waals surface area contributed by atoms with E-state index in [1.807, 2.05) is 25.1 Å². The Morgan fingerprint density at radius 2 is 1.91 bits per heavy atom. The van der Waals surface area contributed by atoms with E-state index < -0.39 is 0 Å². The van der Waals surface area contributed by atoms with Crippen LogP contribution in [0.5, 0.6) is 0 Å². The molecule has 114 valence electrons. The van der Waals surface area contributed by atoms with E-state index in [-0.39, 0.29) is 0 Å². The van der Waals surface area contributed by atoms with Crippen LogP contribution < -0.4 is 10.6 Å². The van der Waals surface area contributed by atoms with E-state index in [1.54, 1.807) is 12.1 Å². The molecule has 2 aromatic rings. The van der Waals surface area contributed by atoms with Crippen molar-refractivity contribution in [2.45, 2.75) is 27.2 Å². The standard InChI is InChI=1S/C17H21N5/c1-12(2)8-9-19-16-10-13(3)20-17(22-16)21-15-6-4-14(11-18)5-7-15/h4-7,10,12H,8-9H2,1-3H3,(H2,19,20,21,22). The summed E-state index contributed by atoms with van der Waals surface area (Å²) in [5, 5.41) is 15.3. The van der Waals surface area contributed by atoms with Crippen LogP contribution >= 0.6 is 0 Å². The molecule has 0 saturated carbocycles. The molecule has 1 aromatic heterocycles. The molecule has 2 rings (SSSR count). The molecule has 0 aliphatic carbocycles. The second-order valence-electron chi connectivity index (χ2n) is 5.64. The van der Waals surface area contributed by atoms with Gasteiger partial charge in [0.1, 0.15) is 5.82 Å². The number of nitriles is 1. The predicted molar refractivity (Wildman–Crippen MR) is 89.2 cm³/mol. The van der Waals surface area contributed by atoms with Crippen LogP contribution in [0.3, 0.4) is 0 Å². The Kier molecular flexibility index (Phi) is 5.31. The number of hydrogen-bond acceptors (Lipinski definition) is 5. The van der Waals surface area contributed by atoms with Gasteiger partial charge in [0.25, 0.3) is 0 Å². The quantitative estimate of drug-likeness (QED) is 0.846. The minimum Gasteiger partial charge on any atom is -0.370 e. The van der Waals surface area contributed by atoms with Gasteiger partial charge < -0.3 is 10.6 Å². The summed E-state index contributed by atoms with van der Waals surface area (Å²) in [6, 6.07) is 11.2. The van der Waals surface area contributed by atoms with Crippen molar-refractivity contribution < 1.29 is 0 Å². The number of nitrogens with one attached hydrogen (secondary N) is 2. The summed E-state index contributed by atoms with van der Waals surface area (Å²) in [5.41, 5.74) is 2.39. The summed E-state index contributed by atoms with van der Waals surface area (Å²) >= 11 is 0. The van der Waals surface area contributed by atoms with E-state index in [2.05, 4.69) is 40.5 Å². The topological polar surface area (TPSA) is 73.6 Å². The van der Waals surface area contributed by atoms with Crippen LogP contribution in [0.1, 0.15) is 31.5 Å². The minimum atomic E-state index is 0.553. The maximum atomic E-state index is 8.81. The van der Waals surface area contributed by atoms with E-state index >= 15 is 0 Å². The highest BCUT2D eigenvalue weighted by atomic mass is 15.1. The van der Waals surface area contributed by atoms with Gasteiger partial charge in [-0.05, 0) is 43.5 Å². The van der Waals surface area contributed by atoms with Crippen molar-refractivity contribution in [1.29, 1.82) is 5.26 Å². The van der Waals surface area contributed by atoms with Crippen LogP contribution in [0, 0.1) is 24.2 Å². The normalized spacial score (nSPS) is 10.3. The van der Waals surface area contributed by atoms with Gasteiger partial charge in [-0.15, -0.1) is 0 Å². The lowest BCUT2D eigenvalue weighted by atomic mass is 10.1. The van der Waals surface area contributed by atoms with Gasteiger partial charge in [-0.1, -0.05) is 13.8 Å². The summed E-state index contributed by atoms with van der Waals surface area (Å²) in [4.78, 5) is 8.86. The Balaban J connectivity index is 2.06. The van der Waals surface area contributed by atoms with Gasteiger partial charge in [0.05, 0.1) is 11.6 Å². The van der Waals surface area contributed by atoms with E-state index in [0.717, 1.165) is 30.2 Å². The predicted octanol–water partition coefficient (Wildman–Crippen LogP) is 3.86. The zero-order valence-corrected chi connectivity index (χ0v) is 13.2. The van der Waals surface area contributed by atoms with Gasteiger partial charge in [-0.2, -0.15) is 10.2 Å². The summed E-state index contributed by atoms with van der Waals surface area (Å²) in [7, 11) is 0. The molecule has 1 aromatic carbocycles. The highest BCUT2D eigenvalue weighted by Gasteiger charge is 2.03. The minimum absolute atomic E-state index is 0.553. The molecular weight excluding hydrogens is 274 g/mol. The molecule has 22 heavy (non-hydrogen) atoms. The monoisotopic (exact) mass is 295 g/mol. The number of aromatic nitrogens is 2. The molecule has 0 radical (unpaired) electrons. The molecule has 0 atom stereocenters. The highest BCUT2D eigenvalue weighted by Crippen LogP contribution is 2.16. The Labute approximate surface area is 131 Å². The molecule has 0 spiro atoms. The van der Waals surface area contributed by atoms with Crippen LogP contribution in [0.2, 0.25) is 0 Å². The molecule has 0 aliphatic rings. The molecule has 0 unspecified atom stereocenters. The van der Waals surface area contributed by atoms with Gasteiger partial charge in [-0.25, -0.2) is 4.98 Å². The van der Waals surface area contributed by atoms with Crippen molar-refractivity contribution >= 4 is 17.5 Å². The summed E-state index contributed by atoms with van der Waals surface area (Å²) in [5.74, 6) is 2.03. The zero-order valence-electron chi connectivity index (χ0n) is 13.2. The Morgan fingerprint density at radius 3 is 2.55 bits per heavy atom. The van der Waals surface area contributed by atoms with Crippen molar-refractivity contribution in [3.63, 3.8) is 0 Å². The Morgan fingerprint density at radius 1 is 1.18 bits per heavy atom. The Hall–Kier alpha value is -2.61. The smallest absolute Gasteiger partial charge is 0.229 e. The van der Waals surface area contributed by atoms with E-state index in [1.165, 1.54) is 0 Å². The molecule has 0 bridgehead atoms. The maximum absolute atomic E-state index is 8.81. The first-order chi connectivity index (χ1) is 10.6. The number of rotatable bonds is 6. The summed E-state index contributed by atoms with van der Waals surface area (Å²) in [6.45, 7) is 7.24. The number of anilines is 3. The largest absolute Gasteiger partial charge is 0.370 e. The molecule has 0 saturated heterocycles. The SMILES string of the molecule is Cc1cc(NCCC(C)C)nc(Nc2ccc(C#N)cc2)n1. The highest BCUT2D eigenvalue weighted by molar-refractivity contribution is 5.56. The van der Waals surface area contributed by atoms with Crippen LogP contribution in [-0.4, -0.2) is 16.5 Å². The summed E-state index contributed by atoms with van der Waals surface area (Å²) < 4.78 is 0. The summed E-state index contributed by atoms with van der Waals surface area (Å²) in [6.07, 6.45) is 1.10. The fraction of sp³-hybridized carbons (Fsp3) is 0.353. The van der Waals surface area contributed by atoms with Crippen LogP contribution in [0.4, 0.5) is 17.5 Å². The number of benzene rings is 1. The zero-order chi connectivity index (χ0) is 15.9. The van der Waals surface area contributed by atoms with Crippen molar-refractivity contribution in [3.8, 4) is 6.07 Å². The maximum Gasteiger partial charge on any atom is 0.229 e. The molecule has 0 fully saturated rings. The first-order valence-corrected chi connectivity index (χ1v) is 7.43. The van der Waals surface area contributed by atoms with Gasteiger partial charge in [-0.3, -0.25) is 0 Å². The number of hydrogen-bond donors (Lipinski definition) is 2. The fourth-order valence-electron chi connectivity index (χ4n) is 1.96. The average Bonchev–Trinajstić information content (AvgIpc) is 2.47. The molecule has 1 heterocycles. The van der Waals surface area contributed by atoms with Crippen molar-refractivity contribution in [1.82, 2.24) is 9.97 Å². The average molecular weight is 295 g/mol. The first-order valence-electron chi connectivity index (χ1n) is 7.43. The van der Waals surface area contributed by atoms with Gasteiger partial charge in [0.15, 0.2) is 0 Å². The lowest BCUT2D eigenvalue weighted by molar-refractivity contribution is 0.606. The molecule has 2 N–H and O–H groups in total. The molecule has 5 heteroatoms. The molecule has 5 nitrogen and oxygen atoms in total. The molecule has 0 amide bonds. The van der Waals surface area contributed by atoms with Crippen molar-refractivity contribution in [3.05, 3.63) is 41.6 Å². The third kappa shape index (κ3) is 4.74. The van der Waals surface area contributed by atoms with Crippen LogP contribution in [0.25, 0.3) is 0 Å². The molecule has 0 aliphatic heterocycles. The second kappa shape index (κ2) is 7.41. The van der Waals surface area contributed by atoms with Gasteiger partial charge >= 0.3 is 0 Å². The lowest BCUT2D eigenvalue weighted by Crippen LogP contribution is -2.08. The van der Waals surface area contributed by atoms with Gasteiger partial charge in [0, 0.05) is 24.0 Å². The van der Waals surface area contributed by atoms with Crippen molar-refractivity contribution in [2.75, 3.05) is 17.2 Å². The third-order valence-electron chi connectivity index (χ3n) is 3.15. The second-order valence-corrected chi connectivity index (χ2v) is 5.64. The lowest BCUT2D eigenvalue weighted by Gasteiger charge is -2.11. The van der Waals surface area contributed by atoms with E-state index in [9.17, 15) is 0 Å². The Bertz CT molecular complexity index is 656. The van der Waals surface area contributed by atoms with Gasteiger partial charge in [0.2, 0.25) is 5.95 Å². The third-order valence-corrected chi connectivity index (χ3v) is 3.15. The first kappa shape index (κ1) is 15.8. The van der Waals surface area contributed by atoms with E-state index in [0.29, 0.717) is 17.4 Å². The number of nitrogens with zero attached hydrogens (tertiary/aromatic N) is 3. The van der Waals surface area contributed by atoms with E-state index in [4.69, 9.17) is 5.26 Å². The van der Waals surface area contributed by atoms with Crippen LogP contribution in [0.15, 0.2) is 30.3 Å². The number of aryl methyl sites for hydroxylation is 1. The van der Waals surface area contributed by atoms with Crippen LogP contribution in [-0.2, 0) is 0 Å². The fourth-order valence-corrected chi connectivity index (χ4v) is 1.96. The van der Waals surface area contributed by atoms with Crippen molar-refractivity contribution in [2.24, 2.45) is 5.92 Å². The molecular formula is C17H21N5.